The molecule has 0 amide bonds. The molecule has 0 fully saturated rings. The minimum atomic E-state index is 0.286. The Hall–Kier alpha value is -0.820. The first-order chi connectivity index (χ1) is 7.99. The molecule has 0 aromatic heterocycles. The maximum absolute atomic E-state index is 5.54. The first-order valence-electron chi connectivity index (χ1n) is 6.80. The van der Waals surface area contributed by atoms with Gasteiger partial charge in [0.15, 0.2) is 0 Å². The number of rotatable bonds is 6. The molecule has 96 valence electrons. The lowest BCUT2D eigenvalue weighted by Gasteiger charge is -2.24. The largest absolute Gasteiger partial charge is 0.330 e. The number of unbranched alkanes of at least 4 members (excludes halogenated alkanes) is 1. The van der Waals surface area contributed by atoms with Gasteiger partial charge in [0.2, 0.25) is 0 Å². The van der Waals surface area contributed by atoms with E-state index in [1.54, 1.807) is 0 Å². The average Bonchev–Trinajstić information content (AvgIpc) is 2.29. The molecule has 1 aromatic carbocycles. The number of hydrogen-bond donors (Lipinski definition) is 1. The third-order valence-corrected chi connectivity index (χ3v) is 3.72. The second-order valence-corrected chi connectivity index (χ2v) is 5.69. The summed E-state index contributed by atoms with van der Waals surface area (Å²) < 4.78 is 0. The van der Waals surface area contributed by atoms with Gasteiger partial charge in [-0.15, -0.1) is 0 Å². The molecule has 0 atom stereocenters. The SMILES string of the molecule is CCC(C)(C)c1cc(C)cc(CCCCN)c1. The predicted molar refractivity (Wildman–Crippen MR) is 76.5 cm³/mol. The minimum Gasteiger partial charge on any atom is -0.330 e. The van der Waals surface area contributed by atoms with Gasteiger partial charge in [-0.2, -0.15) is 0 Å². The topological polar surface area (TPSA) is 26.0 Å². The van der Waals surface area contributed by atoms with Crippen LogP contribution in [0.2, 0.25) is 0 Å². The van der Waals surface area contributed by atoms with Gasteiger partial charge in [-0.25, -0.2) is 0 Å². The molecule has 1 aromatic rings. The van der Waals surface area contributed by atoms with Crippen molar-refractivity contribution in [2.75, 3.05) is 6.54 Å². The Morgan fingerprint density at radius 3 is 2.41 bits per heavy atom. The highest BCUT2D eigenvalue weighted by Gasteiger charge is 2.18. The third kappa shape index (κ3) is 4.16. The van der Waals surface area contributed by atoms with E-state index in [1.165, 1.54) is 29.5 Å². The van der Waals surface area contributed by atoms with Gasteiger partial charge in [-0.1, -0.05) is 44.5 Å². The molecule has 0 unspecified atom stereocenters. The van der Waals surface area contributed by atoms with Gasteiger partial charge in [-0.3, -0.25) is 0 Å². The summed E-state index contributed by atoms with van der Waals surface area (Å²) in [5.41, 5.74) is 10.2. The fourth-order valence-corrected chi connectivity index (χ4v) is 2.08. The van der Waals surface area contributed by atoms with Crippen molar-refractivity contribution in [3.05, 3.63) is 34.9 Å². The van der Waals surface area contributed by atoms with E-state index in [2.05, 4.69) is 45.9 Å². The van der Waals surface area contributed by atoms with Crippen molar-refractivity contribution in [3.63, 3.8) is 0 Å². The Bertz CT molecular complexity index is 353. The lowest BCUT2D eigenvalue weighted by atomic mass is 9.80. The highest BCUT2D eigenvalue weighted by atomic mass is 14.5. The van der Waals surface area contributed by atoms with Crippen molar-refractivity contribution in [2.24, 2.45) is 5.73 Å². The van der Waals surface area contributed by atoms with E-state index >= 15 is 0 Å². The summed E-state index contributed by atoms with van der Waals surface area (Å²) in [6.07, 6.45) is 4.66. The summed E-state index contributed by atoms with van der Waals surface area (Å²) in [6.45, 7) is 9.91. The van der Waals surface area contributed by atoms with Crippen LogP contribution in [0.3, 0.4) is 0 Å². The minimum absolute atomic E-state index is 0.286. The maximum atomic E-state index is 5.54. The van der Waals surface area contributed by atoms with Gasteiger partial charge in [-0.05, 0) is 55.7 Å². The van der Waals surface area contributed by atoms with E-state index in [4.69, 9.17) is 5.73 Å². The van der Waals surface area contributed by atoms with Gasteiger partial charge in [0.25, 0.3) is 0 Å². The van der Waals surface area contributed by atoms with Crippen LogP contribution in [0, 0.1) is 6.92 Å². The summed E-state index contributed by atoms with van der Waals surface area (Å²) in [5.74, 6) is 0. The van der Waals surface area contributed by atoms with E-state index in [9.17, 15) is 0 Å². The lowest BCUT2D eigenvalue weighted by molar-refractivity contribution is 0.505. The summed E-state index contributed by atoms with van der Waals surface area (Å²) >= 11 is 0. The number of aryl methyl sites for hydroxylation is 2. The molecule has 0 aliphatic rings. The van der Waals surface area contributed by atoms with Crippen LogP contribution in [0.1, 0.15) is 56.7 Å². The van der Waals surface area contributed by atoms with Gasteiger partial charge >= 0.3 is 0 Å². The number of hydrogen-bond acceptors (Lipinski definition) is 1. The number of nitrogens with two attached hydrogens (primary N) is 1. The molecule has 0 radical (unpaired) electrons. The normalized spacial score (nSPS) is 11.8. The van der Waals surface area contributed by atoms with Gasteiger partial charge in [0.05, 0.1) is 0 Å². The van der Waals surface area contributed by atoms with Crippen molar-refractivity contribution in [3.8, 4) is 0 Å². The van der Waals surface area contributed by atoms with Crippen molar-refractivity contribution >= 4 is 0 Å². The van der Waals surface area contributed by atoms with Crippen LogP contribution >= 0.6 is 0 Å². The van der Waals surface area contributed by atoms with Crippen LogP contribution in [0.4, 0.5) is 0 Å². The molecule has 0 aliphatic carbocycles. The highest BCUT2D eigenvalue weighted by molar-refractivity contribution is 5.33. The first kappa shape index (κ1) is 14.2. The molecule has 1 rings (SSSR count). The third-order valence-electron chi connectivity index (χ3n) is 3.72. The molecule has 0 aliphatic heterocycles. The van der Waals surface area contributed by atoms with Gasteiger partial charge < -0.3 is 5.73 Å². The molecule has 0 heterocycles. The highest BCUT2D eigenvalue weighted by Crippen LogP contribution is 2.28. The Balaban J connectivity index is 2.86. The second-order valence-electron chi connectivity index (χ2n) is 5.69. The smallest absolute Gasteiger partial charge is 0.00772 e. The summed E-state index contributed by atoms with van der Waals surface area (Å²) in [6, 6.07) is 7.02. The maximum Gasteiger partial charge on any atom is -0.00772 e. The summed E-state index contributed by atoms with van der Waals surface area (Å²) in [5, 5.41) is 0. The molecular weight excluding hydrogens is 206 g/mol. The molecule has 0 saturated carbocycles. The predicted octanol–water partition coefficient (Wildman–Crippen LogP) is 3.96. The van der Waals surface area contributed by atoms with Crippen LogP contribution in [0.25, 0.3) is 0 Å². The molecular formula is C16H27N. The summed E-state index contributed by atoms with van der Waals surface area (Å²) in [4.78, 5) is 0. The van der Waals surface area contributed by atoms with Gasteiger partial charge in [0, 0.05) is 0 Å². The lowest BCUT2D eigenvalue weighted by Crippen LogP contribution is -2.16. The van der Waals surface area contributed by atoms with Crippen molar-refractivity contribution in [2.45, 2.75) is 58.8 Å². The van der Waals surface area contributed by atoms with E-state index in [0.717, 1.165) is 19.4 Å². The van der Waals surface area contributed by atoms with Crippen molar-refractivity contribution in [1.82, 2.24) is 0 Å². The Morgan fingerprint density at radius 2 is 1.82 bits per heavy atom. The van der Waals surface area contributed by atoms with Crippen molar-refractivity contribution in [1.29, 1.82) is 0 Å². The molecule has 0 bridgehead atoms. The Kier molecular flexibility index (Phi) is 5.20. The zero-order chi connectivity index (χ0) is 12.9. The summed E-state index contributed by atoms with van der Waals surface area (Å²) in [7, 11) is 0. The van der Waals surface area contributed by atoms with Crippen LogP contribution in [0.5, 0.6) is 0 Å². The zero-order valence-electron chi connectivity index (χ0n) is 11.8. The van der Waals surface area contributed by atoms with Crippen LogP contribution < -0.4 is 5.73 Å². The molecule has 2 N–H and O–H groups in total. The molecule has 0 spiro atoms. The quantitative estimate of drug-likeness (QED) is 0.739. The van der Waals surface area contributed by atoms with Crippen molar-refractivity contribution < 1.29 is 0 Å². The van der Waals surface area contributed by atoms with E-state index in [0.29, 0.717) is 0 Å². The standard InChI is InChI=1S/C16H27N/c1-5-16(3,4)15-11-13(2)10-14(12-15)8-6-7-9-17/h10-12H,5-9,17H2,1-4H3. The van der Waals surface area contributed by atoms with E-state index in [-0.39, 0.29) is 5.41 Å². The van der Waals surface area contributed by atoms with Crippen LogP contribution in [-0.2, 0) is 11.8 Å². The first-order valence-corrected chi connectivity index (χ1v) is 6.80. The Labute approximate surface area is 106 Å². The Morgan fingerprint density at radius 1 is 1.12 bits per heavy atom. The fraction of sp³-hybridized carbons (Fsp3) is 0.625. The second kappa shape index (κ2) is 6.20. The number of benzene rings is 1. The average molecular weight is 233 g/mol. The van der Waals surface area contributed by atoms with E-state index in [1.807, 2.05) is 0 Å². The molecule has 0 saturated heterocycles. The fourth-order valence-electron chi connectivity index (χ4n) is 2.08. The molecule has 17 heavy (non-hydrogen) atoms. The van der Waals surface area contributed by atoms with Crippen LogP contribution in [0.15, 0.2) is 18.2 Å². The van der Waals surface area contributed by atoms with E-state index < -0.39 is 0 Å². The van der Waals surface area contributed by atoms with Gasteiger partial charge in [0.1, 0.15) is 0 Å². The monoisotopic (exact) mass is 233 g/mol. The molecule has 1 heteroatoms. The zero-order valence-corrected chi connectivity index (χ0v) is 11.8. The molecule has 1 nitrogen and oxygen atoms in total. The van der Waals surface area contributed by atoms with Crippen LogP contribution in [-0.4, -0.2) is 6.54 Å².